The molecule has 1 nitrogen and oxygen atoms in total. The predicted molar refractivity (Wildman–Crippen MR) is 62.1 cm³/mol. The van der Waals surface area contributed by atoms with Crippen LogP contribution >= 0.6 is 0 Å². The van der Waals surface area contributed by atoms with Crippen molar-refractivity contribution in [1.82, 2.24) is 0 Å². The second-order valence-corrected chi connectivity index (χ2v) is 7.96. The van der Waals surface area contributed by atoms with Gasteiger partial charge in [-0.25, -0.2) is 0 Å². The minimum Gasteiger partial charge on any atom is -0.431 e. The quantitative estimate of drug-likeness (QED) is 0.538. The maximum Gasteiger partial charge on any atom is 0.145 e. The molecular formula is C9H24OSiSn. The molecule has 0 saturated heterocycles. The zero-order valence-electron chi connectivity index (χ0n) is 9.15. The third kappa shape index (κ3) is 22.4. The van der Waals surface area contributed by atoms with Gasteiger partial charge in [0, 0.05) is 7.11 Å². The monoisotopic (exact) mass is 296 g/mol. The number of hydrogen-bond donors (Lipinski definition) is 0. The first-order chi connectivity index (χ1) is 5.83. The summed E-state index contributed by atoms with van der Waals surface area (Å²) in [5, 5.41) is 0. The predicted octanol–water partition coefficient (Wildman–Crippen LogP) is 2.04. The van der Waals surface area contributed by atoms with Gasteiger partial charge in [0.05, 0.1) is 0 Å². The Bertz CT molecular complexity index is 56.5. The van der Waals surface area contributed by atoms with Crippen LogP contribution in [0.3, 0.4) is 0 Å². The molecule has 0 spiro atoms. The Labute approximate surface area is 91.4 Å². The first-order valence-electron chi connectivity index (χ1n) is 4.94. The fraction of sp³-hybridized carbons (Fsp3) is 1.00. The molecule has 0 bridgehead atoms. The van der Waals surface area contributed by atoms with Crippen molar-refractivity contribution in [2.45, 2.75) is 48.4 Å². The smallest absolute Gasteiger partial charge is 0.145 e. The molecule has 0 aliphatic carbocycles. The summed E-state index contributed by atoms with van der Waals surface area (Å²) in [7, 11) is 2.56. The van der Waals surface area contributed by atoms with Crippen LogP contribution in [0.15, 0.2) is 0 Å². The van der Waals surface area contributed by atoms with E-state index in [4.69, 9.17) is 0 Å². The number of hydrogen-bond acceptors (Lipinski definition) is 1. The molecule has 2 radical (unpaired) electrons. The van der Waals surface area contributed by atoms with E-state index in [0.29, 0.717) is 0 Å². The molecule has 0 rings (SSSR count). The van der Waals surface area contributed by atoms with Crippen LogP contribution in [0.4, 0.5) is 0 Å². The molecule has 0 aliphatic rings. The van der Waals surface area contributed by atoms with E-state index in [-0.39, 0.29) is 21.1 Å². The van der Waals surface area contributed by atoms with E-state index >= 15 is 0 Å². The van der Waals surface area contributed by atoms with Crippen LogP contribution in [-0.4, -0.2) is 38.7 Å². The van der Waals surface area contributed by atoms with Crippen LogP contribution in [0, 0.1) is 0 Å². The van der Waals surface area contributed by atoms with E-state index in [1.165, 1.54) is 25.7 Å². The minimum absolute atomic E-state index is 0.149. The second kappa shape index (κ2) is 17.9. The van der Waals surface area contributed by atoms with Crippen molar-refractivity contribution in [2.75, 3.05) is 7.11 Å². The molecule has 0 heterocycles. The Morgan fingerprint density at radius 3 is 1.67 bits per heavy atom. The molecule has 0 amide bonds. The van der Waals surface area contributed by atoms with Gasteiger partial charge in [-0.3, -0.25) is 0 Å². The van der Waals surface area contributed by atoms with E-state index in [1.54, 1.807) is 16.0 Å². The molecule has 74 valence electrons. The third-order valence-electron chi connectivity index (χ3n) is 1.41. The van der Waals surface area contributed by atoms with Crippen molar-refractivity contribution in [1.29, 1.82) is 0 Å². The van der Waals surface area contributed by atoms with Gasteiger partial charge in [0.1, 0.15) is 10.5 Å². The summed E-state index contributed by atoms with van der Waals surface area (Å²) in [4.78, 5) is 0. The Morgan fingerprint density at radius 2 is 1.42 bits per heavy atom. The molecule has 0 aromatic carbocycles. The summed E-state index contributed by atoms with van der Waals surface area (Å²) in [6, 6.07) is 0. The number of rotatable bonds is 6. The molecule has 3 heteroatoms. The maximum atomic E-state index is 4.39. The van der Waals surface area contributed by atoms with Crippen LogP contribution in [0.2, 0.25) is 8.87 Å². The van der Waals surface area contributed by atoms with Crippen molar-refractivity contribution in [3.63, 3.8) is 0 Å². The fourth-order valence-electron chi connectivity index (χ4n) is 0.729. The molecule has 0 atom stereocenters. The molecular weight excluding hydrogens is 271 g/mol. The van der Waals surface area contributed by atoms with Crippen molar-refractivity contribution >= 4 is 31.6 Å². The first-order valence-corrected chi connectivity index (χ1v) is 9.79. The van der Waals surface area contributed by atoms with Gasteiger partial charge in [-0.15, -0.1) is 0 Å². The van der Waals surface area contributed by atoms with E-state index in [0.717, 1.165) is 10.5 Å². The van der Waals surface area contributed by atoms with Crippen molar-refractivity contribution in [3.05, 3.63) is 0 Å². The topological polar surface area (TPSA) is 9.23 Å². The summed E-state index contributed by atoms with van der Waals surface area (Å²) in [6.45, 7) is 4.58. The van der Waals surface area contributed by atoms with Crippen LogP contribution in [0.5, 0.6) is 0 Å². The third-order valence-corrected chi connectivity index (χ3v) is 5.45. The Kier molecular flexibility index (Phi) is 23.1. The summed E-state index contributed by atoms with van der Waals surface area (Å²) in [5.74, 6) is 0. The molecule has 0 fully saturated rings. The molecule has 0 aromatic rings. The average molecular weight is 295 g/mol. The normalized spacial score (nSPS) is 9.25. The SMILES string of the molecule is CCC[CH2][Sn][CH2]CCC.CO[SiH3]. The van der Waals surface area contributed by atoms with Gasteiger partial charge >= 0.3 is 69.5 Å². The molecule has 0 saturated carbocycles. The van der Waals surface area contributed by atoms with Gasteiger partial charge in [0.15, 0.2) is 0 Å². The van der Waals surface area contributed by atoms with Gasteiger partial charge in [-0.1, -0.05) is 0 Å². The Morgan fingerprint density at radius 1 is 1.08 bits per heavy atom. The van der Waals surface area contributed by atoms with Crippen molar-refractivity contribution in [2.24, 2.45) is 0 Å². The molecule has 12 heavy (non-hydrogen) atoms. The average Bonchev–Trinajstić information content (AvgIpc) is 2.06. The largest absolute Gasteiger partial charge is 0.431 e. The van der Waals surface area contributed by atoms with Crippen LogP contribution in [-0.2, 0) is 4.43 Å². The van der Waals surface area contributed by atoms with E-state index < -0.39 is 0 Å². The van der Waals surface area contributed by atoms with E-state index in [9.17, 15) is 0 Å². The molecule has 0 unspecified atom stereocenters. The summed E-state index contributed by atoms with van der Waals surface area (Å²) in [5.41, 5.74) is 0. The van der Waals surface area contributed by atoms with Gasteiger partial charge < -0.3 is 4.43 Å². The summed E-state index contributed by atoms with van der Waals surface area (Å²) < 4.78 is 7.64. The second-order valence-electron chi connectivity index (χ2n) is 2.87. The van der Waals surface area contributed by atoms with Gasteiger partial charge in [-0.05, 0) is 0 Å². The zero-order valence-corrected chi connectivity index (χ0v) is 14.0. The fourth-order valence-corrected chi connectivity index (χ4v) is 4.89. The van der Waals surface area contributed by atoms with Crippen LogP contribution in [0.25, 0.3) is 0 Å². The van der Waals surface area contributed by atoms with Crippen LogP contribution in [0.1, 0.15) is 39.5 Å². The summed E-state index contributed by atoms with van der Waals surface area (Å²) >= 11 is 0.149. The van der Waals surface area contributed by atoms with Gasteiger partial charge in [0.2, 0.25) is 0 Å². The van der Waals surface area contributed by atoms with Crippen LogP contribution < -0.4 is 0 Å². The minimum atomic E-state index is 0.149. The zero-order chi connectivity index (χ0) is 9.66. The van der Waals surface area contributed by atoms with Gasteiger partial charge in [0.25, 0.3) is 0 Å². The van der Waals surface area contributed by atoms with E-state index in [2.05, 4.69) is 18.3 Å². The summed E-state index contributed by atoms with van der Waals surface area (Å²) in [6.07, 6.45) is 5.84. The molecule has 0 aliphatic heterocycles. The molecule has 0 aromatic heterocycles. The van der Waals surface area contributed by atoms with E-state index in [1.807, 2.05) is 0 Å². The van der Waals surface area contributed by atoms with Gasteiger partial charge in [-0.2, -0.15) is 0 Å². The maximum absolute atomic E-state index is 4.39. The number of unbranched alkanes of at least 4 members (excludes halogenated alkanes) is 2. The molecule has 0 N–H and O–H groups in total. The van der Waals surface area contributed by atoms with Crippen molar-refractivity contribution < 1.29 is 4.43 Å². The first kappa shape index (κ1) is 15.4. The standard InChI is InChI=1S/2C4H9.CH6OSi.Sn/c2*1-3-4-2;1-2-3;/h2*1,3-4H2,2H3;1,3H3;. The Hall–Kier alpha value is 0.976. The van der Waals surface area contributed by atoms with Crippen molar-refractivity contribution in [3.8, 4) is 0 Å². The Balaban J connectivity index is 0.